The summed E-state index contributed by atoms with van der Waals surface area (Å²) in [6, 6.07) is 34.3. The molecular weight excluding hydrogens is 773 g/mol. The Balaban J connectivity index is 1.15. The van der Waals surface area contributed by atoms with Crippen molar-refractivity contribution in [1.29, 1.82) is 0 Å². The van der Waals surface area contributed by atoms with Gasteiger partial charge in [0.1, 0.15) is 22.2 Å². The number of hydrogen-bond donors (Lipinski definition) is 8. The van der Waals surface area contributed by atoms with Crippen LogP contribution in [0.4, 0.5) is 0 Å². The van der Waals surface area contributed by atoms with Crippen LogP contribution >= 0.6 is 11.3 Å². The largest absolute Gasteiger partial charge is 0.504 e. The van der Waals surface area contributed by atoms with Gasteiger partial charge in [-0.05, 0) is 48.5 Å². The van der Waals surface area contributed by atoms with E-state index in [0.717, 1.165) is 36.7 Å². The minimum atomic E-state index is -1.10. The Bertz CT molecular complexity index is 3540. The first-order valence-electron chi connectivity index (χ1n) is 18.1. The number of furan rings is 1. The fourth-order valence-electron chi connectivity index (χ4n) is 7.96. The lowest BCUT2D eigenvalue weighted by molar-refractivity contribution is 0.350. The fourth-order valence-corrected chi connectivity index (χ4v) is 9.03. The van der Waals surface area contributed by atoms with Gasteiger partial charge < -0.3 is 49.8 Å². The van der Waals surface area contributed by atoms with Crippen molar-refractivity contribution in [3.8, 4) is 85.8 Å². The van der Waals surface area contributed by atoms with Crippen molar-refractivity contribution in [1.82, 2.24) is 19.5 Å². The van der Waals surface area contributed by atoms with E-state index in [1.165, 1.54) is 15.9 Å². The highest BCUT2D eigenvalue weighted by Crippen LogP contribution is 2.59. The van der Waals surface area contributed by atoms with Crippen LogP contribution in [-0.4, -0.2) is 60.4 Å². The Morgan fingerprint density at radius 2 is 1.00 bits per heavy atom. The number of hydrogen-bond acceptors (Lipinski definition) is 13. The van der Waals surface area contributed by atoms with E-state index in [0.29, 0.717) is 39.6 Å². The second kappa shape index (κ2) is 12.1. The standard InChI is InChI=1S/C45H26N4O9S/c50-34-30-31-33(37(53)41(57)39(55)35(31)51)49(32(30)36(52)40(56)38(34)54)21-14-16-29-26(18-21)25-17-20(13-15-28(25)59-29)44-46-43(19-7-2-1-3-8-19)47-45(48-44)24-11-6-10-23-22-9-4-5-12-27(22)58-42(23)24/h1-18,50-57H. The molecule has 0 saturated heterocycles. The van der Waals surface area contributed by atoms with Gasteiger partial charge in [0.25, 0.3) is 0 Å². The number of rotatable bonds is 4. The van der Waals surface area contributed by atoms with E-state index in [1.54, 1.807) is 18.2 Å². The first-order valence-corrected chi connectivity index (χ1v) is 18.9. The first-order chi connectivity index (χ1) is 28.6. The average Bonchev–Trinajstić information content (AvgIpc) is 3.96. The molecule has 11 aromatic rings. The van der Waals surface area contributed by atoms with Gasteiger partial charge in [0.05, 0.1) is 16.3 Å². The van der Waals surface area contributed by atoms with Gasteiger partial charge in [0.15, 0.2) is 40.5 Å². The highest BCUT2D eigenvalue weighted by molar-refractivity contribution is 7.25. The van der Waals surface area contributed by atoms with Gasteiger partial charge in [-0.15, -0.1) is 11.3 Å². The lowest BCUT2D eigenvalue weighted by Gasteiger charge is -2.12. The van der Waals surface area contributed by atoms with Crippen molar-refractivity contribution < 1.29 is 45.3 Å². The summed E-state index contributed by atoms with van der Waals surface area (Å²) < 4.78 is 9.31. The summed E-state index contributed by atoms with van der Waals surface area (Å²) in [7, 11) is 0. The summed E-state index contributed by atoms with van der Waals surface area (Å²) in [6.07, 6.45) is 0. The molecule has 0 aliphatic rings. The van der Waals surface area contributed by atoms with Crippen LogP contribution in [0.25, 0.3) is 104 Å². The van der Waals surface area contributed by atoms with Crippen molar-refractivity contribution in [3.63, 3.8) is 0 Å². The summed E-state index contributed by atoms with van der Waals surface area (Å²) in [5.74, 6) is -6.77. The molecule has 0 radical (unpaired) electrons. The fraction of sp³-hybridized carbons (Fsp3) is 0. The molecule has 7 aromatic carbocycles. The number of phenols is 8. The van der Waals surface area contributed by atoms with Crippen molar-refractivity contribution in [2.75, 3.05) is 0 Å². The molecule has 4 aromatic heterocycles. The predicted molar refractivity (Wildman–Crippen MR) is 224 cm³/mol. The molecular formula is C45H26N4O9S. The third-order valence-electron chi connectivity index (χ3n) is 10.7. The number of para-hydroxylation sites is 2. The van der Waals surface area contributed by atoms with Crippen LogP contribution in [0.5, 0.6) is 46.0 Å². The number of benzene rings is 7. The Labute approximate surface area is 334 Å². The number of phenolic OH excluding ortho intramolecular Hbond substituents is 8. The molecule has 4 heterocycles. The molecule has 286 valence electrons. The molecule has 14 heteroatoms. The van der Waals surface area contributed by atoms with Crippen molar-refractivity contribution >= 4 is 75.3 Å². The normalized spacial score (nSPS) is 11.9. The number of fused-ring (bicyclic) bond motifs is 9. The first kappa shape index (κ1) is 34.1. The lowest BCUT2D eigenvalue weighted by atomic mass is 10.1. The predicted octanol–water partition coefficient (Wildman–Crippen LogP) is 9.88. The van der Waals surface area contributed by atoms with Crippen LogP contribution in [0.3, 0.4) is 0 Å². The van der Waals surface area contributed by atoms with E-state index in [1.807, 2.05) is 91.0 Å². The van der Waals surface area contributed by atoms with Crippen LogP contribution in [0.2, 0.25) is 0 Å². The van der Waals surface area contributed by atoms with E-state index in [9.17, 15) is 40.9 Å². The van der Waals surface area contributed by atoms with Gasteiger partial charge >= 0.3 is 0 Å². The highest BCUT2D eigenvalue weighted by atomic mass is 32.1. The molecule has 0 bridgehead atoms. The van der Waals surface area contributed by atoms with Gasteiger partial charge in [-0.25, -0.2) is 15.0 Å². The second-order valence-electron chi connectivity index (χ2n) is 14.0. The molecule has 8 N–H and O–H groups in total. The zero-order valence-corrected chi connectivity index (χ0v) is 30.9. The molecule has 0 unspecified atom stereocenters. The van der Waals surface area contributed by atoms with E-state index in [4.69, 9.17) is 19.4 Å². The minimum absolute atomic E-state index is 0.245. The second-order valence-corrected chi connectivity index (χ2v) is 15.1. The van der Waals surface area contributed by atoms with Crippen LogP contribution in [0.15, 0.2) is 114 Å². The van der Waals surface area contributed by atoms with Gasteiger partial charge in [0, 0.05) is 47.8 Å². The molecule has 0 aliphatic carbocycles. The summed E-state index contributed by atoms with van der Waals surface area (Å²) in [5, 5.41) is 89.1. The lowest BCUT2D eigenvalue weighted by Crippen LogP contribution is -2.00. The van der Waals surface area contributed by atoms with Crippen LogP contribution in [-0.2, 0) is 0 Å². The topological polar surface area (TPSA) is 219 Å². The maximum atomic E-state index is 11.2. The van der Waals surface area contributed by atoms with E-state index in [2.05, 4.69) is 0 Å². The number of aromatic nitrogens is 4. The third-order valence-corrected chi connectivity index (χ3v) is 11.9. The maximum Gasteiger partial charge on any atom is 0.206 e. The molecule has 0 fully saturated rings. The number of thiophene rings is 1. The molecule has 0 saturated carbocycles. The van der Waals surface area contributed by atoms with E-state index >= 15 is 0 Å². The van der Waals surface area contributed by atoms with Gasteiger partial charge in [-0.2, -0.15) is 0 Å². The summed E-state index contributed by atoms with van der Waals surface area (Å²) in [6.45, 7) is 0. The van der Waals surface area contributed by atoms with Crippen molar-refractivity contribution in [2.24, 2.45) is 0 Å². The minimum Gasteiger partial charge on any atom is -0.504 e. The van der Waals surface area contributed by atoms with Crippen LogP contribution in [0.1, 0.15) is 0 Å². The summed E-state index contributed by atoms with van der Waals surface area (Å²) >= 11 is 1.50. The van der Waals surface area contributed by atoms with Gasteiger partial charge in [-0.3, -0.25) is 0 Å². The van der Waals surface area contributed by atoms with Crippen molar-refractivity contribution in [3.05, 3.63) is 109 Å². The van der Waals surface area contributed by atoms with E-state index in [-0.39, 0.29) is 16.7 Å². The zero-order valence-electron chi connectivity index (χ0n) is 30.1. The van der Waals surface area contributed by atoms with Crippen LogP contribution < -0.4 is 0 Å². The Morgan fingerprint density at radius 1 is 0.441 bits per heavy atom. The highest BCUT2D eigenvalue weighted by Gasteiger charge is 2.32. The zero-order chi connectivity index (χ0) is 40.4. The molecule has 0 aliphatic heterocycles. The Kier molecular flexibility index (Phi) is 7.00. The number of nitrogens with zero attached hydrogens (tertiary/aromatic N) is 4. The average molecular weight is 799 g/mol. The Morgan fingerprint density at radius 3 is 1.69 bits per heavy atom. The SMILES string of the molecule is Oc1c(O)c(O)c2c(c1O)c1c(O)c(O)c(O)c(O)c1n2-c1ccc2sc3ccc(-c4nc(-c5ccccc5)nc(-c5cccc6c5oc5ccccc56)n4)cc3c2c1. The summed E-state index contributed by atoms with van der Waals surface area (Å²) in [4.78, 5) is 14.9. The molecule has 13 nitrogen and oxygen atoms in total. The third kappa shape index (κ3) is 4.74. The molecule has 11 rings (SSSR count). The molecule has 0 atom stereocenters. The monoisotopic (exact) mass is 798 g/mol. The molecule has 59 heavy (non-hydrogen) atoms. The quantitative estimate of drug-likeness (QED) is 0.0616. The Hall–Kier alpha value is -8.23. The van der Waals surface area contributed by atoms with Crippen LogP contribution in [0, 0.1) is 0 Å². The smallest absolute Gasteiger partial charge is 0.206 e. The van der Waals surface area contributed by atoms with Gasteiger partial charge in [0.2, 0.25) is 23.0 Å². The molecule has 0 spiro atoms. The van der Waals surface area contributed by atoms with E-state index < -0.39 is 56.8 Å². The van der Waals surface area contributed by atoms with Gasteiger partial charge in [-0.1, -0.05) is 60.7 Å². The maximum absolute atomic E-state index is 11.2. The molecule has 0 amide bonds. The number of aromatic hydroxyl groups is 8. The van der Waals surface area contributed by atoms with Crippen molar-refractivity contribution in [2.45, 2.75) is 0 Å². The summed E-state index contributed by atoms with van der Waals surface area (Å²) in [5.41, 5.74) is 3.10.